The first-order chi connectivity index (χ1) is 13.2. The molecule has 8 nitrogen and oxygen atoms in total. The van der Waals surface area contributed by atoms with Crippen LogP contribution in [-0.4, -0.2) is 33.7 Å². The van der Waals surface area contributed by atoms with E-state index in [4.69, 9.17) is 0 Å². The second-order valence-electron chi connectivity index (χ2n) is 6.34. The SMILES string of the molecule is CCCn1c(=O)c2[nH]c(-c3cnn(Cc4cccs4)c3)nc2n2ccnc12. The lowest BCUT2D eigenvalue weighted by molar-refractivity contribution is 0.663. The molecule has 0 aliphatic heterocycles. The third-order valence-corrected chi connectivity index (χ3v) is 5.35. The predicted octanol–water partition coefficient (Wildman–Crippen LogP) is 2.76. The number of hydrogen-bond donors (Lipinski definition) is 1. The maximum absolute atomic E-state index is 12.9. The van der Waals surface area contributed by atoms with Crippen molar-refractivity contribution in [2.45, 2.75) is 26.4 Å². The standard InChI is InChI=1S/C18H17N7OS/c1-2-6-25-17(26)14-16(24-7-5-19-18(24)25)22-15(21-14)12-9-20-23(10-12)11-13-4-3-8-27-13/h3-5,7-10H,2,6,11H2,1H3,(H,21,22). The number of nitrogens with zero attached hydrogens (tertiary/aromatic N) is 6. The Balaban J connectivity index is 1.62. The first-order valence-electron chi connectivity index (χ1n) is 8.75. The van der Waals surface area contributed by atoms with E-state index in [0.717, 1.165) is 12.0 Å². The van der Waals surface area contributed by atoms with Gasteiger partial charge in [-0.15, -0.1) is 11.3 Å². The molecule has 0 aliphatic rings. The molecule has 5 rings (SSSR count). The average molecular weight is 379 g/mol. The number of thiophene rings is 1. The molecular formula is C18H17N7OS. The van der Waals surface area contributed by atoms with Crippen molar-refractivity contribution in [3.05, 3.63) is 57.5 Å². The van der Waals surface area contributed by atoms with Gasteiger partial charge in [-0.1, -0.05) is 13.0 Å². The quantitative estimate of drug-likeness (QED) is 0.509. The van der Waals surface area contributed by atoms with Gasteiger partial charge >= 0.3 is 0 Å². The third kappa shape index (κ3) is 2.58. The van der Waals surface area contributed by atoms with Crippen LogP contribution in [0.3, 0.4) is 0 Å². The molecule has 136 valence electrons. The molecule has 5 aromatic heterocycles. The molecule has 0 aromatic carbocycles. The van der Waals surface area contributed by atoms with Gasteiger partial charge in [0.2, 0.25) is 5.78 Å². The van der Waals surface area contributed by atoms with E-state index in [2.05, 4.69) is 31.5 Å². The summed E-state index contributed by atoms with van der Waals surface area (Å²) >= 11 is 1.70. The molecule has 0 atom stereocenters. The topological polar surface area (TPSA) is 85.8 Å². The van der Waals surface area contributed by atoms with Crippen molar-refractivity contribution in [1.29, 1.82) is 0 Å². The van der Waals surface area contributed by atoms with E-state index in [1.807, 2.05) is 34.5 Å². The Hall–Kier alpha value is -3.20. The maximum atomic E-state index is 12.9. The lowest BCUT2D eigenvalue weighted by Crippen LogP contribution is -2.23. The van der Waals surface area contributed by atoms with Crippen LogP contribution in [0, 0.1) is 0 Å². The third-order valence-electron chi connectivity index (χ3n) is 4.49. The summed E-state index contributed by atoms with van der Waals surface area (Å²) in [6, 6.07) is 4.11. The zero-order valence-electron chi connectivity index (χ0n) is 14.7. The zero-order chi connectivity index (χ0) is 18.4. The van der Waals surface area contributed by atoms with Crippen molar-refractivity contribution in [2.75, 3.05) is 0 Å². The summed E-state index contributed by atoms with van der Waals surface area (Å²) < 4.78 is 5.41. The van der Waals surface area contributed by atoms with Gasteiger partial charge in [-0.05, 0) is 17.9 Å². The summed E-state index contributed by atoms with van der Waals surface area (Å²) in [6.45, 7) is 3.37. The van der Waals surface area contributed by atoms with Crippen LogP contribution in [0.4, 0.5) is 0 Å². The molecule has 0 spiro atoms. The van der Waals surface area contributed by atoms with Gasteiger partial charge in [0.15, 0.2) is 11.2 Å². The lowest BCUT2D eigenvalue weighted by atomic mass is 10.3. The highest BCUT2D eigenvalue weighted by atomic mass is 32.1. The number of aromatic amines is 1. The van der Waals surface area contributed by atoms with Crippen LogP contribution in [0.15, 0.2) is 47.1 Å². The van der Waals surface area contributed by atoms with Gasteiger partial charge in [0.25, 0.3) is 5.56 Å². The van der Waals surface area contributed by atoms with Crippen molar-refractivity contribution < 1.29 is 0 Å². The van der Waals surface area contributed by atoms with Gasteiger partial charge in [-0.3, -0.25) is 18.4 Å². The highest BCUT2D eigenvalue weighted by molar-refractivity contribution is 7.09. The van der Waals surface area contributed by atoms with Gasteiger partial charge in [-0.2, -0.15) is 5.10 Å². The molecule has 1 N–H and O–H groups in total. The minimum absolute atomic E-state index is 0.102. The van der Waals surface area contributed by atoms with Crippen LogP contribution in [0.25, 0.3) is 28.3 Å². The number of aryl methyl sites for hydroxylation is 1. The Morgan fingerprint density at radius 2 is 2.26 bits per heavy atom. The van der Waals surface area contributed by atoms with E-state index >= 15 is 0 Å². The van der Waals surface area contributed by atoms with Gasteiger partial charge in [0, 0.05) is 30.0 Å². The van der Waals surface area contributed by atoms with Gasteiger partial charge < -0.3 is 4.98 Å². The smallest absolute Gasteiger partial charge is 0.280 e. The summed E-state index contributed by atoms with van der Waals surface area (Å²) in [5, 5.41) is 6.47. The first-order valence-corrected chi connectivity index (χ1v) is 9.63. The molecule has 27 heavy (non-hydrogen) atoms. The maximum Gasteiger partial charge on any atom is 0.280 e. The van der Waals surface area contributed by atoms with Gasteiger partial charge in [-0.25, -0.2) is 9.97 Å². The number of imidazole rings is 2. The minimum atomic E-state index is -0.102. The van der Waals surface area contributed by atoms with E-state index in [-0.39, 0.29) is 5.56 Å². The largest absolute Gasteiger partial charge is 0.332 e. The van der Waals surface area contributed by atoms with E-state index in [1.165, 1.54) is 4.88 Å². The van der Waals surface area contributed by atoms with Gasteiger partial charge in [0.05, 0.1) is 18.3 Å². The molecular weight excluding hydrogens is 362 g/mol. The Labute approximate surface area is 157 Å². The fraction of sp³-hybridized carbons (Fsp3) is 0.222. The first kappa shape index (κ1) is 16.0. The molecule has 0 radical (unpaired) electrons. The fourth-order valence-corrected chi connectivity index (χ4v) is 3.97. The summed E-state index contributed by atoms with van der Waals surface area (Å²) in [6.07, 6.45) is 8.07. The van der Waals surface area contributed by atoms with Crippen LogP contribution < -0.4 is 5.56 Å². The van der Waals surface area contributed by atoms with Crippen molar-refractivity contribution in [1.82, 2.24) is 33.7 Å². The van der Waals surface area contributed by atoms with E-state index in [1.54, 1.807) is 28.3 Å². The van der Waals surface area contributed by atoms with Crippen LogP contribution in [0.2, 0.25) is 0 Å². The Morgan fingerprint density at radius 3 is 3.07 bits per heavy atom. The number of aromatic nitrogens is 7. The molecule has 0 unspecified atom stereocenters. The predicted molar refractivity (Wildman–Crippen MR) is 104 cm³/mol. The monoisotopic (exact) mass is 379 g/mol. The summed E-state index contributed by atoms with van der Waals surface area (Å²) in [4.78, 5) is 26.3. The molecule has 0 amide bonds. The van der Waals surface area contributed by atoms with Gasteiger partial charge in [0.1, 0.15) is 5.82 Å². The van der Waals surface area contributed by atoms with Crippen molar-refractivity contribution in [3.8, 4) is 11.4 Å². The number of fused-ring (bicyclic) bond motifs is 3. The lowest BCUT2D eigenvalue weighted by Gasteiger charge is -2.05. The minimum Gasteiger partial charge on any atom is -0.332 e. The van der Waals surface area contributed by atoms with Crippen molar-refractivity contribution in [3.63, 3.8) is 0 Å². The number of rotatable bonds is 5. The van der Waals surface area contributed by atoms with E-state index in [0.29, 0.717) is 35.9 Å². The van der Waals surface area contributed by atoms with E-state index in [9.17, 15) is 4.79 Å². The normalized spacial score (nSPS) is 11.7. The van der Waals surface area contributed by atoms with E-state index < -0.39 is 0 Å². The number of hydrogen-bond acceptors (Lipinski definition) is 5. The molecule has 9 heteroatoms. The molecule has 0 saturated carbocycles. The van der Waals surface area contributed by atoms with Crippen LogP contribution in [0.1, 0.15) is 18.2 Å². The zero-order valence-corrected chi connectivity index (χ0v) is 15.5. The molecule has 0 bridgehead atoms. The van der Waals surface area contributed by atoms with Crippen LogP contribution >= 0.6 is 11.3 Å². The highest BCUT2D eigenvalue weighted by Crippen LogP contribution is 2.20. The summed E-state index contributed by atoms with van der Waals surface area (Å²) in [7, 11) is 0. The number of H-pyrrole nitrogens is 1. The van der Waals surface area contributed by atoms with Crippen molar-refractivity contribution >= 4 is 28.3 Å². The van der Waals surface area contributed by atoms with Crippen LogP contribution in [-0.2, 0) is 13.1 Å². The highest BCUT2D eigenvalue weighted by Gasteiger charge is 2.17. The van der Waals surface area contributed by atoms with Crippen LogP contribution in [0.5, 0.6) is 0 Å². The second-order valence-corrected chi connectivity index (χ2v) is 7.38. The second kappa shape index (κ2) is 6.20. The average Bonchev–Trinajstić information content (AvgIpc) is 3.44. The Morgan fingerprint density at radius 1 is 1.33 bits per heavy atom. The molecule has 0 aliphatic carbocycles. The Bertz CT molecular complexity index is 1290. The molecule has 0 saturated heterocycles. The summed E-state index contributed by atoms with van der Waals surface area (Å²) in [5.41, 5.74) is 1.81. The molecule has 0 fully saturated rings. The molecule has 5 heterocycles. The fourth-order valence-electron chi connectivity index (χ4n) is 3.27. The number of nitrogens with one attached hydrogen (secondary N) is 1. The van der Waals surface area contributed by atoms with Crippen molar-refractivity contribution in [2.24, 2.45) is 0 Å². The molecule has 5 aromatic rings. The Kier molecular flexibility index (Phi) is 3.68. The summed E-state index contributed by atoms with van der Waals surface area (Å²) in [5.74, 6) is 1.24.